The summed E-state index contributed by atoms with van der Waals surface area (Å²) in [5.41, 5.74) is 1.17. The number of ketones is 1. The van der Waals surface area contributed by atoms with E-state index >= 15 is 0 Å². The van der Waals surface area contributed by atoms with Crippen molar-refractivity contribution in [2.75, 3.05) is 5.32 Å². The highest BCUT2D eigenvalue weighted by Gasteiger charge is 2.47. The van der Waals surface area contributed by atoms with E-state index in [1.807, 2.05) is 26.0 Å². The summed E-state index contributed by atoms with van der Waals surface area (Å²) in [4.78, 5) is 23.1. The van der Waals surface area contributed by atoms with Gasteiger partial charge in [-0.2, -0.15) is 0 Å². The van der Waals surface area contributed by atoms with Gasteiger partial charge in [-0.15, -0.1) is 0 Å². The molecule has 1 atom stereocenters. The molecule has 4 nitrogen and oxygen atoms in total. The van der Waals surface area contributed by atoms with Crippen molar-refractivity contribution in [3.63, 3.8) is 0 Å². The van der Waals surface area contributed by atoms with Gasteiger partial charge in [0.2, 0.25) is 0 Å². The van der Waals surface area contributed by atoms with E-state index in [1.54, 1.807) is 0 Å². The minimum absolute atomic E-state index is 0.184. The third kappa shape index (κ3) is 1.65. The zero-order chi connectivity index (χ0) is 12.8. The monoisotopic (exact) mass is 233 g/mol. The fourth-order valence-electron chi connectivity index (χ4n) is 2.36. The van der Waals surface area contributed by atoms with Crippen LogP contribution in [-0.2, 0) is 15.2 Å². The van der Waals surface area contributed by atoms with Gasteiger partial charge in [0, 0.05) is 12.0 Å². The molecule has 0 spiro atoms. The Morgan fingerprint density at radius 2 is 1.94 bits per heavy atom. The summed E-state index contributed by atoms with van der Waals surface area (Å²) in [6, 6.07) is 3.73. The first-order valence-corrected chi connectivity index (χ1v) is 5.50. The Morgan fingerprint density at radius 3 is 2.53 bits per heavy atom. The first-order valence-electron chi connectivity index (χ1n) is 5.50. The molecular formula is C13H15NO3. The topological polar surface area (TPSA) is 66.4 Å². The Bertz CT molecular complexity index is 522. The number of anilines is 1. The Labute approximate surface area is 99.6 Å². The van der Waals surface area contributed by atoms with Crippen molar-refractivity contribution in [1.29, 1.82) is 0 Å². The van der Waals surface area contributed by atoms with Crippen LogP contribution in [0.15, 0.2) is 12.1 Å². The molecule has 17 heavy (non-hydrogen) atoms. The van der Waals surface area contributed by atoms with Gasteiger partial charge < -0.3 is 10.4 Å². The van der Waals surface area contributed by atoms with Crippen molar-refractivity contribution in [3.8, 4) is 0 Å². The second-order valence-electron chi connectivity index (χ2n) is 4.64. The summed E-state index contributed by atoms with van der Waals surface area (Å²) in [6.45, 7) is 5.05. The van der Waals surface area contributed by atoms with Crippen molar-refractivity contribution in [2.24, 2.45) is 0 Å². The van der Waals surface area contributed by atoms with E-state index in [-0.39, 0.29) is 12.2 Å². The van der Waals surface area contributed by atoms with E-state index in [4.69, 9.17) is 0 Å². The van der Waals surface area contributed by atoms with Crippen molar-refractivity contribution in [1.82, 2.24) is 0 Å². The maximum atomic E-state index is 11.9. The van der Waals surface area contributed by atoms with Crippen LogP contribution in [0.3, 0.4) is 0 Å². The Morgan fingerprint density at radius 1 is 1.35 bits per heavy atom. The summed E-state index contributed by atoms with van der Waals surface area (Å²) in [6.07, 6.45) is -0.184. The number of aliphatic hydroxyl groups is 1. The lowest BCUT2D eigenvalue weighted by Gasteiger charge is -2.21. The molecule has 0 saturated heterocycles. The van der Waals surface area contributed by atoms with Gasteiger partial charge in [-0.1, -0.05) is 12.1 Å². The van der Waals surface area contributed by atoms with Crippen molar-refractivity contribution in [3.05, 3.63) is 28.8 Å². The van der Waals surface area contributed by atoms with E-state index < -0.39 is 11.5 Å². The minimum Gasteiger partial charge on any atom is -0.375 e. The smallest absolute Gasteiger partial charge is 0.261 e. The van der Waals surface area contributed by atoms with Crippen molar-refractivity contribution in [2.45, 2.75) is 32.8 Å². The number of hydrogen-bond acceptors (Lipinski definition) is 3. The number of rotatable bonds is 2. The van der Waals surface area contributed by atoms with Gasteiger partial charge in [-0.3, -0.25) is 9.59 Å². The number of Topliss-reactive ketones (excluding diaryl/α,β-unsaturated/α-hetero) is 1. The van der Waals surface area contributed by atoms with Crippen LogP contribution in [0.1, 0.15) is 30.0 Å². The van der Waals surface area contributed by atoms with Gasteiger partial charge in [-0.05, 0) is 31.9 Å². The molecule has 0 aromatic heterocycles. The highest BCUT2D eigenvalue weighted by Crippen LogP contribution is 2.42. The van der Waals surface area contributed by atoms with Gasteiger partial charge in [-0.25, -0.2) is 0 Å². The van der Waals surface area contributed by atoms with Gasteiger partial charge >= 0.3 is 0 Å². The fraction of sp³-hybridized carbons (Fsp3) is 0.385. The molecular weight excluding hydrogens is 218 g/mol. The molecule has 0 radical (unpaired) electrons. The van der Waals surface area contributed by atoms with E-state index in [9.17, 15) is 14.7 Å². The van der Waals surface area contributed by atoms with Crippen LogP contribution >= 0.6 is 0 Å². The third-order valence-electron chi connectivity index (χ3n) is 3.15. The van der Waals surface area contributed by atoms with Crippen molar-refractivity contribution >= 4 is 17.4 Å². The number of amides is 1. The predicted molar refractivity (Wildman–Crippen MR) is 63.7 cm³/mol. The summed E-state index contributed by atoms with van der Waals surface area (Å²) >= 11 is 0. The number of fused-ring (bicyclic) bond motifs is 1. The molecule has 0 bridgehead atoms. The molecule has 0 saturated carbocycles. The van der Waals surface area contributed by atoms with E-state index in [0.29, 0.717) is 11.3 Å². The molecule has 1 heterocycles. The number of carbonyl (C=O) groups excluding carboxylic acids is 2. The minimum atomic E-state index is -1.71. The van der Waals surface area contributed by atoms with Crippen LogP contribution in [0.2, 0.25) is 0 Å². The molecule has 90 valence electrons. The first kappa shape index (κ1) is 11.8. The Hall–Kier alpha value is -1.68. The van der Waals surface area contributed by atoms with Crippen LogP contribution < -0.4 is 5.32 Å². The SMILES string of the molecule is CC(=O)CC1(O)C(=O)Nc2c(C)ccc(C)c21. The molecule has 1 amide bonds. The third-order valence-corrected chi connectivity index (χ3v) is 3.15. The zero-order valence-corrected chi connectivity index (χ0v) is 10.1. The van der Waals surface area contributed by atoms with Crippen molar-refractivity contribution < 1.29 is 14.7 Å². The van der Waals surface area contributed by atoms with E-state index in [1.165, 1.54) is 6.92 Å². The van der Waals surface area contributed by atoms with Crippen LogP contribution in [0.5, 0.6) is 0 Å². The maximum Gasteiger partial charge on any atom is 0.261 e. The van der Waals surface area contributed by atoms with Gasteiger partial charge in [0.05, 0.1) is 5.69 Å². The molecule has 2 N–H and O–H groups in total. The number of benzene rings is 1. The van der Waals surface area contributed by atoms with Gasteiger partial charge in [0.15, 0.2) is 5.60 Å². The highest BCUT2D eigenvalue weighted by atomic mass is 16.3. The van der Waals surface area contributed by atoms with E-state index in [0.717, 1.165) is 11.1 Å². The van der Waals surface area contributed by atoms with E-state index in [2.05, 4.69) is 5.32 Å². The lowest BCUT2D eigenvalue weighted by molar-refractivity contribution is -0.139. The number of carbonyl (C=O) groups is 2. The lowest BCUT2D eigenvalue weighted by Crippen LogP contribution is -2.36. The predicted octanol–water partition coefficient (Wildman–Crippen LogP) is 1.42. The molecule has 1 aliphatic heterocycles. The summed E-state index contributed by atoms with van der Waals surface area (Å²) in [7, 11) is 0. The standard InChI is InChI=1S/C13H15NO3/c1-7-4-5-8(2)11-10(7)13(17,6-9(3)15)12(16)14-11/h4-5,17H,6H2,1-3H3,(H,14,16). The highest BCUT2D eigenvalue weighted by molar-refractivity contribution is 6.08. The normalized spacial score (nSPS) is 22.2. The molecule has 1 unspecified atom stereocenters. The molecule has 2 rings (SSSR count). The fourth-order valence-corrected chi connectivity index (χ4v) is 2.36. The lowest BCUT2D eigenvalue weighted by atomic mass is 9.86. The van der Waals surface area contributed by atoms with Crippen LogP contribution in [-0.4, -0.2) is 16.8 Å². The number of hydrogen-bond donors (Lipinski definition) is 2. The largest absolute Gasteiger partial charge is 0.375 e. The quantitative estimate of drug-likeness (QED) is 0.812. The first-order chi connectivity index (χ1) is 7.86. The molecule has 0 fully saturated rings. The Kier molecular flexibility index (Phi) is 2.54. The maximum absolute atomic E-state index is 11.9. The number of aryl methyl sites for hydroxylation is 2. The zero-order valence-electron chi connectivity index (χ0n) is 10.1. The van der Waals surface area contributed by atoms with Gasteiger partial charge in [0.25, 0.3) is 5.91 Å². The van der Waals surface area contributed by atoms with Crippen LogP contribution in [0.25, 0.3) is 0 Å². The molecule has 0 aliphatic carbocycles. The average molecular weight is 233 g/mol. The molecule has 1 aromatic carbocycles. The Balaban J connectivity index is 2.64. The average Bonchev–Trinajstić information content (AvgIpc) is 2.46. The molecule has 1 aliphatic rings. The van der Waals surface area contributed by atoms with Crippen LogP contribution in [0, 0.1) is 13.8 Å². The molecule has 4 heteroatoms. The van der Waals surface area contributed by atoms with Crippen LogP contribution in [0.4, 0.5) is 5.69 Å². The summed E-state index contributed by atoms with van der Waals surface area (Å²) in [5, 5.41) is 13.1. The summed E-state index contributed by atoms with van der Waals surface area (Å²) < 4.78 is 0. The second-order valence-corrected chi connectivity index (χ2v) is 4.64. The second kappa shape index (κ2) is 3.67. The number of nitrogens with one attached hydrogen (secondary N) is 1. The molecule has 1 aromatic rings. The summed E-state index contributed by atoms with van der Waals surface area (Å²) in [5.74, 6) is -0.725. The van der Waals surface area contributed by atoms with Gasteiger partial charge in [0.1, 0.15) is 5.78 Å².